The lowest BCUT2D eigenvalue weighted by Gasteiger charge is -2.44. The molecule has 5 atom stereocenters. The Balaban J connectivity index is 2.35. The van der Waals surface area contributed by atoms with Crippen molar-refractivity contribution in [1.29, 1.82) is 0 Å². The number of rotatable bonds is 8. The Bertz CT molecular complexity index is 782. The summed E-state index contributed by atoms with van der Waals surface area (Å²) in [6.07, 6.45) is -4.36. The second kappa shape index (κ2) is 11.4. The highest BCUT2D eigenvalue weighted by Crippen LogP contribution is 2.28. The predicted octanol–water partition coefficient (Wildman–Crippen LogP) is 0.859. The Labute approximate surface area is 180 Å². The van der Waals surface area contributed by atoms with E-state index >= 15 is 0 Å². The second-order valence-corrected chi connectivity index (χ2v) is 7.02. The molecule has 2 rings (SSSR count). The van der Waals surface area contributed by atoms with Crippen LogP contribution in [-0.2, 0) is 49.5 Å². The molecule has 10 heteroatoms. The standard InChI is InChI=1S/C21H27NO9/c1-12(23)22-18-20(30-15(4)26)19(29-14(3)25)17(11-27-13(2)24)31-21(18)28-10-16-8-6-5-7-9-16/h5-9,17-21H,10-11H2,1-4H3,(H,22,23)/t17-,18+,19+,20+,21+/m0/s1. The Hall–Kier alpha value is -2.98. The molecule has 0 saturated carbocycles. The molecule has 31 heavy (non-hydrogen) atoms. The Morgan fingerprint density at radius 1 is 0.903 bits per heavy atom. The van der Waals surface area contributed by atoms with Gasteiger partial charge in [-0.25, -0.2) is 0 Å². The number of carbonyl (C=O) groups excluding carboxylic acids is 4. The van der Waals surface area contributed by atoms with Gasteiger partial charge in [-0.05, 0) is 5.56 Å². The van der Waals surface area contributed by atoms with Crippen LogP contribution in [0.25, 0.3) is 0 Å². The van der Waals surface area contributed by atoms with E-state index in [1.165, 1.54) is 27.7 Å². The smallest absolute Gasteiger partial charge is 0.303 e. The summed E-state index contributed by atoms with van der Waals surface area (Å²) in [5, 5.41) is 2.65. The number of amides is 1. The number of hydrogen-bond donors (Lipinski definition) is 1. The van der Waals surface area contributed by atoms with Crippen LogP contribution < -0.4 is 5.32 Å². The van der Waals surface area contributed by atoms with Gasteiger partial charge in [-0.2, -0.15) is 0 Å². The van der Waals surface area contributed by atoms with E-state index < -0.39 is 54.5 Å². The summed E-state index contributed by atoms with van der Waals surface area (Å²) in [7, 11) is 0. The van der Waals surface area contributed by atoms with Crippen LogP contribution in [0.3, 0.4) is 0 Å². The van der Waals surface area contributed by atoms with E-state index in [0.29, 0.717) is 0 Å². The highest BCUT2D eigenvalue weighted by molar-refractivity contribution is 5.73. The lowest BCUT2D eigenvalue weighted by Crippen LogP contribution is -2.66. The van der Waals surface area contributed by atoms with Crippen molar-refractivity contribution in [2.75, 3.05) is 6.61 Å². The maximum atomic E-state index is 11.8. The van der Waals surface area contributed by atoms with Gasteiger partial charge in [-0.1, -0.05) is 30.3 Å². The average molecular weight is 437 g/mol. The van der Waals surface area contributed by atoms with E-state index in [9.17, 15) is 19.2 Å². The summed E-state index contributed by atoms with van der Waals surface area (Å²) < 4.78 is 27.6. The first-order chi connectivity index (χ1) is 14.7. The number of esters is 3. The molecule has 0 bridgehead atoms. The van der Waals surface area contributed by atoms with Crippen LogP contribution in [-0.4, -0.2) is 61.1 Å². The van der Waals surface area contributed by atoms with Crippen molar-refractivity contribution in [3.05, 3.63) is 35.9 Å². The fourth-order valence-electron chi connectivity index (χ4n) is 3.19. The van der Waals surface area contributed by atoms with Gasteiger partial charge in [0.05, 0.1) is 6.61 Å². The van der Waals surface area contributed by atoms with Crippen LogP contribution in [0.5, 0.6) is 0 Å². The summed E-state index contributed by atoms with van der Waals surface area (Å²) in [4.78, 5) is 46.7. The largest absolute Gasteiger partial charge is 0.463 e. The van der Waals surface area contributed by atoms with E-state index in [2.05, 4.69) is 5.32 Å². The molecule has 1 aromatic rings. The Kier molecular flexibility index (Phi) is 8.95. The lowest BCUT2D eigenvalue weighted by atomic mass is 9.96. The summed E-state index contributed by atoms with van der Waals surface area (Å²) in [5.74, 6) is -2.32. The van der Waals surface area contributed by atoms with Gasteiger partial charge in [-0.15, -0.1) is 0 Å². The fraction of sp³-hybridized carbons (Fsp3) is 0.524. The summed E-state index contributed by atoms with van der Waals surface area (Å²) >= 11 is 0. The third-order valence-electron chi connectivity index (χ3n) is 4.33. The third kappa shape index (κ3) is 7.65. The maximum Gasteiger partial charge on any atom is 0.303 e. The SMILES string of the molecule is CC(=O)N[C@H]1[C@H](OCc2ccccc2)O[C@@H](COC(C)=O)[C@@H](OC(C)=O)[C@@H]1OC(C)=O. The molecular weight excluding hydrogens is 410 g/mol. The Morgan fingerprint density at radius 3 is 2.06 bits per heavy atom. The molecule has 0 aliphatic carbocycles. The van der Waals surface area contributed by atoms with Gasteiger partial charge in [0.2, 0.25) is 5.91 Å². The molecule has 1 fully saturated rings. The topological polar surface area (TPSA) is 126 Å². The zero-order valence-electron chi connectivity index (χ0n) is 17.9. The van der Waals surface area contributed by atoms with Crippen molar-refractivity contribution in [2.24, 2.45) is 0 Å². The van der Waals surface area contributed by atoms with Crippen LogP contribution in [0.4, 0.5) is 0 Å². The van der Waals surface area contributed by atoms with Crippen LogP contribution >= 0.6 is 0 Å². The molecule has 1 aromatic carbocycles. The van der Waals surface area contributed by atoms with Gasteiger partial charge in [0, 0.05) is 27.7 Å². The monoisotopic (exact) mass is 437 g/mol. The predicted molar refractivity (Wildman–Crippen MR) is 105 cm³/mol. The summed E-state index contributed by atoms with van der Waals surface area (Å²) in [6, 6.07) is 8.25. The van der Waals surface area contributed by atoms with Crippen molar-refractivity contribution < 1.29 is 42.9 Å². The lowest BCUT2D eigenvalue weighted by molar-refractivity contribution is -0.280. The van der Waals surface area contributed by atoms with E-state index in [0.717, 1.165) is 5.56 Å². The first-order valence-corrected chi connectivity index (χ1v) is 9.73. The molecule has 1 N–H and O–H groups in total. The molecule has 0 spiro atoms. The third-order valence-corrected chi connectivity index (χ3v) is 4.33. The summed E-state index contributed by atoms with van der Waals surface area (Å²) in [6.45, 7) is 4.72. The van der Waals surface area contributed by atoms with Crippen LogP contribution in [0, 0.1) is 0 Å². The van der Waals surface area contributed by atoms with Gasteiger partial charge in [-0.3, -0.25) is 19.2 Å². The van der Waals surface area contributed by atoms with Crippen LogP contribution in [0.1, 0.15) is 33.3 Å². The molecule has 10 nitrogen and oxygen atoms in total. The Morgan fingerprint density at radius 2 is 1.52 bits per heavy atom. The van der Waals surface area contributed by atoms with E-state index in [-0.39, 0.29) is 13.2 Å². The van der Waals surface area contributed by atoms with E-state index in [1.54, 1.807) is 0 Å². The number of nitrogens with one attached hydrogen (secondary N) is 1. The van der Waals surface area contributed by atoms with Crippen molar-refractivity contribution >= 4 is 23.8 Å². The fourth-order valence-corrected chi connectivity index (χ4v) is 3.19. The van der Waals surface area contributed by atoms with Crippen LogP contribution in [0.2, 0.25) is 0 Å². The number of benzene rings is 1. The molecule has 1 aliphatic heterocycles. The van der Waals surface area contributed by atoms with Crippen molar-refractivity contribution in [3.63, 3.8) is 0 Å². The van der Waals surface area contributed by atoms with Gasteiger partial charge in [0.25, 0.3) is 0 Å². The quantitative estimate of drug-likeness (QED) is 0.465. The zero-order chi connectivity index (χ0) is 23.0. The van der Waals surface area contributed by atoms with Crippen molar-refractivity contribution in [2.45, 2.75) is 64.9 Å². The van der Waals surface area contributed by atoms with Crippen molar-refractivity contribution in [3.8, 4) is 0 Å². The second-order valence-electron chi connectivity index (χ2n) is 7.02. The summed E-state index contributed by atoms with van der Waals surface area (Å²) in [5.41, 5.74) is 0.843. The molecule has 0 aromatic heterocycles. The molecule has 170 valence electrons. The minimum Gasteiger partial charge on any atom is -0.463 e. The number of carbonyl (C=O) groups is 4. The highest BCUT2D eigenvalue weighted by atomic mass is 16.7. The minimum atomic E-state index is -1.14. The molecule has 0 radical (unpaired) electrons. The number of hydrogen-bond acceptors (Lipinski definition) is 9. The van der Waals surface area contributed by atoms with E-state index in [1.807, 2.05) is 30.3 Å². The molecule has 1 saturated heterocycles. The van der Waals surface area contributed by atoms with Gasteiger partial charge in [0.1, 0.15) is 18.8 Å². The van der Waals surface area contributed by atoms with Gasteiger partial charge < -0.3 is 29.0 Å². The molecule has 1 aliphatic rings. The first-order valence-electron chi connectivity index (χ1n) is 9.73. The number of ether oxygens (including phenoxy) is 5. The van der Waals surface area contributed by atoms with Crippen LogP contribution in [0.15, 0.2) is 30.3 Å². The van der Waals surface area contributed by atoms with E-state index in [4.69, 9.17) is 23.7 Å². The first kappa shape index (κ1) is 24.3. The maximum absolute atomic E-state index is 11.8. The normalized spacial score (nSPS) is 25.2. The van der Waals surface area contributed by atoms with Crippen molar-refractivity contribution in [1.82, 2.24) is 5.32 Å². The molecule has 0 unspecified atom stereocenters. The minimum absolute atomic E-state index is 0.132. The van der Waals surface area contributed by atoms with Gasteiger partial charge in [0.15, 0.2) is 18.5 Å². The highest BCUT2D eigenvalue weighted by Gasteiger charge is 2.51. The average Bonchev–Trinajstić information content (AvgIpc) is 2.68. The van der Waals surface area contributed by atoms with Gasteiger partial charge >= 0.3 is 17.9 Å². The molecule has 1 amide bonds. The molecule has 1 heterocycles. The molecular formula is C21H27NO9. The zero-order valence-corrected chi connectivity index (χ0v) is 17.9.